The molecule has 0 saturated heterocycles. The number of rotatable bonds is 7. The van der Waals surface area contributed by atoms with Crippen LogP contribution in [-0.2, 0) is 9.22 Å². The van der Waals surface area contributed by atoms with Gasteiger partial charge in [0.15, 0.2) is 8.32 Å². The second-order valence-electron chi connectivity index (χ2n) is 7.19. The summed E-state index contributed by atoms with van der Waals surface area (Å²) in [5.74, 6) is 0.259. The van der Waals surface area contributed by atoms with Crippen molar-refractivity contribution in [2.45, 2.75) is 77.5 Å². The fourth-order valence-electron chi connectivity index (χ4n) is 1.44. The van der Waals surface area contributed by atoms with Crippen molar-refractivity contribution in [2.75, 3.05) is 6.61 Å². The summed E-state index contributed by atoms with van der Waals surface area (Å²) < 4.78 is 6.24. The number of amides is 1. The number of carbonyl (C=O) groups excluding carboxylic acids is 1. The molecular formula is C15H32ClNO2Si. The molecule has 0 aliphatic carbocycles. The van der Waals surface area contributed by atoms with Crippen molar-refractivity contribution in [3.63, 3.8) is 0 Å². The zero-order chi connectivity index (χ0) is 16.1. The average molecular weight is 322 g/mol. The highest BCUT2D eigenvalue weighted by atomic mass is 35.5. The van der Waals surface area contributed by atoms with Gasteiger partial charge in [-0.15, -0.1) is 11.6 Å². The van der Waals surface area contributed by atoms with E-state index in [-0.39, 0.29) is 17.0 Å². The van der Waals surface area contributed by atoms with E-state index in [9.17, 15) is 4.79 Å². The maximum atomic E-state index is 11.8. The van der Waals surface area contributed by atoms with Crippen LogP contribution < -0.4 is 5.32 Å². The average Bonchev–Trinajstić information content (AvgIpc) is 2.31. The predicted molar refractivity (Wildman–Crippen MR) is 89.8 cm³/mol. The first-order valence-corrected chi connectivity index (χ1v) is 10.8. The van der Waals surface area contributed by atoms with Crippen LogP contribution in [0.25, 0.3) is 0 Å². The summed E-state index contributed by atoms with van der Waals surface area (Å²) in [6.07, 6.45) is 1.00. The Labute approximate surface area is 130 Å². The largest absolute Gasteiger partial charge is 0.415 e. The summed E-state index contributed by atoms with van der Waals surface area (Å²) in [5, 5.41) is 2.69. The summed E-state index contributed by atoms with van der Waals surface area (Å²) in [5.41, 5.74) is 0. The van der Waals surface area contributed by atoms with Gasteiger partial charge in [-0.05, 0) is 31.0 Å². The molecule has 0 aliphatic rings. The van der Waals surface area contributed by atoms with Gasteiger partial charge in [-0.1, -0.05) is 41.0 Å². The van der Waals surface area contributed by atoms with Crippen LogP contribution in [0.4, 0.5) is 0 Å². The minimum Gasteiger partial charge on any atom is -0.415 e. The van der Waals surface area contributed by atoms with Crippen LogP contribution in [0.1, 0.15) is 48.0 Å². The SMILES string of the molecule is CCC(C)[C@@H](CO[Si](C)(C)C(C)(C)C)NC(=O)[C@@H](C)Cl. The van der Waals surface area contributed by atoms with Crippen molar-refractivity contribution in [3.8, 4) is 0 Å². The van der Waals surface area contributed by atoms with Crippen molar-refractivity contribution < 1.29 is 9.22 Å². The van der Waals surface area contributed by atoms with Crippen molar-refractivity contribution in [2.24, 2.45) is 5.92 Å². The van der Waals surface area contributed by atoms with Crippen LogP contribution in [0.5, 0.6) is 0 Å². The minimum absolute atomic E-state index is 0.0304. The molecule has 0 saturated carbocycles. The second kappa shape index (κ2) is 7.81. The summed E-state index contributed by atoms with van der Waals surface area (Å²) in [6, 6.07) is 0.0304. The summed E-state index contributed by atoms with van der Waals surface area (Å²) in [6.45, 7) is 17.6. The molecule has 0 aromatic carbocycles. The molecule has 3 atom stereocenters. The predicted octanol–water partition coefficient (Wildman–Crippen LogP) is 4.17. The molecule has 0 aliphatic heterocycles. The lowest BCUT2D eigenvalue weighted by atomic mass is 10.00. The van der Waals surface area contributed by atoms with Crippen molar-refractivity contribution in [1.82, 2.24) is 5.32 Å². The zero-order valence-corrected chi connectivity index (χ0v) is 16.1. The lowest BCUT2D eigenvalue weighted by Gasteiger charge is -2.38. The Hall–Kier alpha value is -0.0631. The van der Waals surface area contributed by atoms with Crippen LogP contribution in [0, 0.1) is 5.92 Å². The fourth-order valence-corrected chi connectivity index (χ4v) is 2.54. The van der Waals surface area contributed by atoms with Gasteiger partial charge in [-0.2, -0.15) is 0 Å². The van der Waals surface area contributed by atoms with Gasteiger partial charge in [0.05, 0.1) is 12.6 Å². The van der Waals surface area contributed by atoms with E-state index in [0.717, 1.165) is 6.42 Å². The summed E-state index contributed by atoms with van der Waals surface area (Å²) in [4.78, 5) is 11.8. The number of hydrogen-bond donors (Lipinski definition) is 1. The maximum absolute atomic E-state index is 11.8. The monoisotopic (exact) mass is 321 g/mol. The van der Waals surface area contributed by atoms with Crippen LogP contribution in [0.2, 0.25) is 18.1 Å². The van der Waals surface area contributed by atoms with E-state index in [2.05, 4.69) is 53.0 Å². The highest BCUT2D eigenvalue weighted by molar-refractivity contribution is 6.74. The molecule has 0 spiro atoms. The molecule has 0 rings (SSSR count). The van der Waals surface area contributed by atoms with Crippen molar-refractivity contribution in [1.29, 1.82) is 0 Å². The summed E-state index contributed by atoms with van der Waals surface area (Å²) in [7, 11) is -1.79. The number of nitrogens with one attached hydrogen (secondary N) is 1. The molecule has 0 fully saturated rings. The Morgan fingerprint density at radius 3 is 2.15 bits per heavy atom. The van der Waals surface area contributed by atoms with Gasteiger partial charge in [0.2, 0.25) is 5.91 Å². The van der Waals surface area contributed by atoms with Gasteiger partial charge in [0.25, 0.3) is 0 Å². The highest BCUT2D eigenvalue weighted by Crippen LogP contribution is 2.36. The second-order valence-corrected chi connectivity index (χ2v) is 12.7. The minimum atomic E-state index is -1.79. The quantitative estimate of drug-likeness (QED) is 0.564. The number of alkyl halides is 1. The van der Waals surface area contributed by atoms with E-state index in [0.29, 0.717) is 12.5 Å². The molecule has 1 N–H and O–H groups in total. The molecule has 0 bridgehead atoms. The lowest BCUT2D eigenvalue weighted by molar-refractivity contribution is -0.121. The Morgan fingerprint density at radius 1 is 1.30 bits per heavy atom. The van der Waals surface area contributed by atoms with Gasteiger partial charge in [-0.25, -0.2) is 0 Å². The van der Waals surface area contributed by atoms with E-state index in [4.69, 9.17) is 16.0 Å². The molecule has 0 aromatic rings. The molecule has 120 valence electrons. The summed E-state index contributed by atoms with van der Waals surface area (Å²) >= 11 is 5.84. The molecule has 20 heavy (non-hydrogen) atoms. The number of hydrogen-bond acceptors (Lipinski definition) is 2. The van der Waals surface area contributed by atoms with Gasteiger partial charge in [0, 0.05) is 0 Å². The first kappa shape index (κ1) is 19.9. The van der Waals surface area contributed by atoms with E-state index in [1.807, 2.05) is 0 Å². The third kappa shape index (κ3) is 6.14. The first-order valence-electron chi connectivity index (χ1n) is 7.50. The Kier molecular flexibility index (Phi) is 7.78. The Bertz CT molecular complexity index is 313. The topological polar surface area (TPSA) is 38.3 Å². The van der Waals surface area contributed by atoms with Crippen molar-refractivity contribution >= 4 is 25.8 Å². The zero-order valence-electron chi connectivity index (χ0n) is 14.3. The number of halogens is 1. The molecule has 5 heteroatoms. The molecular weight excluding hydrogens is 290 g/mol. The van der Waals surface area contributed by atoms with Crippen LogP contribution >= 0.6 is 11.6 Å². The molecule has 3 nitrogen and oxygen atoms in total. The fraction of sp³-hybridized carbons (Fsp3) is 0.933. The van der Waals surface area contributed by atoms with Crippen LogP contribution in [-0.4, -0.2) is 32.3 Å². The van der Waals surface area contributed by atoms with Crippen molar-refractivity contribution in [3.05, 3.63) is 0 Å². The molecule has 1 unspecified atom stereocenters. The van der Waals surface area contributed by atoms with E-state index in [1.54, 1.807) is 6.92 Å². The van der Waals surface area contributed by atoms with Crippen LogP contribution in [0.15, 0.2) is 0 Å². The van der Waals surface area contributed by atoms with E-state index < -0.39 is 13.7 Å². The normalized spacial score (nSPS) is 17.4. The smallest absolute Gasteiger partial charge is 0.238 e. The first-order chi connectivity index (χ1) is 8.92. The highest BCUT2D eigenvalue weighted by Gasteiger charge is 2.38. The van der Waals surface area contributed by atoms with Gasteiger partial charge < -0.3 is 9.74 Å². The Morgan fingerprint density at radius 2 is 1.80 bits per heavy atom. The third-order valence-electron chi connectivity index (χ3n) is 4.45. The Balaban J connectivity index is 4.72. The number of carbonyl (C=O) groups is 1. The molecule has 0 radical (unpaired) electrons. The van der Waals surface area contributed by atoms with E-state index in [1.165, 1.54) is 0 Å². The van der Waals surface area contributed by atoms with Gasteiger partial charge in [0.1, 0.15) is 5.38 Å². The lowest BCUT2D eigenvalue weighted by Crippen LogP contribution is -2.49. The van der Waals surface area contributed by atoms with Crippen LogP contribution in [0.3, 0.4) is 0 Å². The maximum Gasteiger partial charge on any atom is 0.238 e. The van der Waals surface area contributed by atoms with E-state index >= 15 is 0 Å². The van der Waals surface area contributed by atoms with Gasteiger partial charge >= 0.3 is 0 Å². The molecule has 0 heterocycles. The molecule has 1 amide bonds. The molecule has 0 aromatic heterocycles. The standard InChI is InChI=1S/C15H32ClNO2Si/c1-9-11(2)13(17-14(18)12(3)16)10-19-20(7,8)15(4,5)6/h11-13H,9-10H2,1-8H3,(H,17,18)/t11?,12-,13-/m1/s1. The van der Waals surface area contributed by atoms with Gasteiger partial charge in [-0.3, -0.25) is 4.79 Å². The third-order valence-corrected chi connectivity index (χ3v) is 9.15.